The largest absolute Gasteiger partial charge is 0.493 e. The van der Waals surface area contributed by atoms with Crippen LogP contribution in [0.25, 0.3) is 5.57 Å². The molecular formula is C21H16N2O5S. The Morgan fingerprint density at radius 1 is 1.17 bits per heavy atom. The van der Waals surface area contributed by atoms with Crippen LogP contribution in [-0.4, -0.2) is 30.8 Å². The highest BCUT2D eigenvalue weighted by Crippen LogP contribution is 2.42. The topological polar surface area (TPSA) is 98.5 Å². The third-order valence-electron chi connectivity index (χ3n) is 4.95. The highest BCUT2D eigenvalue weighted by Gasteiger charge is 2.36. The van der Waals surface area contributed by atoms with Crippen molar-refractivity contribution in [2.45, 2.75) is 18.8 Å². The van der Waals surface area contributed by atoms with Gasteiger partial charge in [-0.25, -0.2) is 4.98 Å². The Balaban J connectivity index is 1.71. The zero-order valence-electron chi connectivity index (χ0n) is 15.7. The molecule has 0 bridgehead atoms. The zero-order chi connectivity index (χ0) is 20.5. The van der Waals surface area contributed by atoms with E-state index in [1.165, 1.54) is 24.5 Å². The molecular weight excluding hydrogens is 392 g/mol. The van der Waals surface area contributed by atoms with Gasteiger partial charge in [0.2, 0.25) is 10.8 Å². The molecule has 0 N–H and O–H groups in total. The number of ether oxygens (including phenoxy) is 3. The maximum Gasteiger partial charge on any atom is 0.209 e. The molecule has 146 valence electrons. The number of thiazole rings is 1. The van der Waals surface area contributed by atoms with Gasteiger partial charge < -0.3 is 14.2 Å². The minimum Gasteiger partial charge on any atom is -0.493 e. The fraction of sp³-hybridized carbons (Fsp3) is 0.238. The summed E-state index contributed by atoms with van der Waals surface area (Å²) in [4.78, 5) is 30.2. The molecule has 0 saturated heterocycles. The quantitative estimate of drug-likeness (QED) is 0.567. The first-order chi connectivity index (χ1) is 14.0. The van der Waals surface area contributed by atoms with Crippen LogP contribution in [0.2, 0.25) is 0 Å². The minimum absolute atomic E-state index is 0.0341. The van der Waals surface area contributed by atoms with Gasteiger partial charge >= 0.3 is 0 Å². The summed E-state index contributed by atoms with van der Waals surface area (Å²) in [6.07, 6.45) is 1.77. The number of Topliss-reactive ketones (excluding diaryl/α,β-unsaturated/α-hetero) is 2. The van der Waals surface area contributed by atoms with E-state index in [1.807, 2.05) is 12.1 Å². The van der Waals surface area contributed by atoms with Crippen LogP contribution in [0, 0.1) is 11.3 Å². The Bertz CT molecular complexity index is 1100. The molecule has 2 aromatic rings. The van der Waals surface area contributed by atoms with Crippen molar-refractivity contribution < 1.29 is 23.8 Å². The summed E-state index contributed by atoms with van der Waals surface area (Å²) < 4.78 is 16.0. The van der Waals surface area contributed by atoms with Gasteiger partial charge in [-0.15, -0.1) is 0 Å². The van der Waals surface area contributed by atoms with Gasteiger partial charge in [0.15, 0.2) is 23.1 Å². The van der Waals surface area contributed by atoms with Crippen molar-refractivity contribution in [3.8, 4) is 22.6 Å². The van der Waals surface area contributed by atoms with Crippen molar-refractivity contribution in [3.63, 3.8) is 0 Å². The van der Waals surface area contributed by atoms with Crippen LogP contribution in [0.1, 0.15) is 30.0 Å². The van der Waals surface area contributed by atoms with Crippen molar-refractivity contribution in [1.82, 2.24) is 4.98 Å². The molecule has 0 unspecified atom stereocenters. The summed E-state index contributed by atoms with van der Waals surface area (Å²) >= 11 is 1.21. The summed E-state index contributed by atoms with van der Waals surface area (Å²) in [6, 6.07) is 7.32. The highest BCUT2D eigenvalue weighted by atomic mass is 32.1. The van der Waals surface area contributed by atoms with Crippen LogP contribution >= 0.6 is 11.3 Å². The van der Waals surface area contributed by atoms with E-state index in [2.05, 4.69) is 4.98 Å². The van der Waals surface area contributed by atoms with Crippen LogP contribution in [0.4, 0.5) is 0 Å². The van der Waals surface area contributed by atoms with Crippen molar-refractivity contribution >= 4 is 28.5 Å². The average molecular weight is 408 g/mol. The van der Waals surface area contributed by atoms with Gasteiger partial charge in [0, 0.05) is 24.5 Å². The minimum atomic E-state index is -0.273. The Morgan fingerprint density at radius 2 is 1.90 bits per heavy atom. The van der Waals surface area contributed by atoms with Crippen molar-refractivity contribution in [2.24, 2.45) is 0 Å². The number of fused-ring (bicyclic) bond motifs is 1. The van der Waals surface area contributed by atoms with E-state index in [0.717, 1.165) is 5.56 Å². The normalized spacial score (nSPS) is 18.5. The molecule has 1 aromatic carbocycles. The number of allylic oxidation sites excluding steroid dienone is 4. The second-order valence-electron chi connectivity index (χ2n) is 6.57. The van der Waals surface area contributed by atoms with Gasteiger partial charge in [-0.2, -0.15) is 5.26 Å². The summed E-state index contributed by atoms with van der Waals surface area (Å²) in [5.74, 6) is 0.364. The Labute approximate surface area is 170 Å². The zero-order valence-corrected chi connectivity index (χ0v) is 16.5. The van der Waals surface area contributed by atoms with Crippen LogP contribution in [0.15, 0.2) is 41.1 Å². The molecule has 1 aliphatic heterocycles. The molecule has 2 aliphatic rings. The van der Waals surface area contributed by atoms with Gasteiger partial charge in [0.25, 0.3) is 0 Å². The van der Waals surface area contributed by atoms with Crippen LogP contribution in [0.5, 0.6) is 16.6 Å². The maximum absolute atomic E-state index is 13.0. The molecule has 1 aliphatic carbocycles. The molecule has 0 atom stereocenters. The van der Waals surface area contributed by atoms with Crippen molar-refractivity contribution in [2.75, 3.05) is 14.2 Å². The Hall–Kier alpha value is -3.44. The lowest BCUT2D eigenvalue weighted by molar-refractivity contribution is -0.124. The molecule has 7 nitrogen and oxygen atoms in total. The lowest BCUT2D eigenvalue weighted by Crippen LogP contribution is -2.26. The smallest absolute Gasteiger partial charge is 0.209 e. The number of hydrogen-bond donors (Lipinski definition) is 0. The first-order valence-corrected chi connectivity index (χ1v) is 9.69. The van der Waals surface area contributed by atoms with Gasteiger partial charge in [-0.05, 0) is 23.6 Å². The first-order valence-electron chi connectivity index (χ1n) is 8.81. The lowest BCUT2D eigenvalue weighted by atomic mass is 9.78. The fourth-order valence-electron chi connectivity index (χ4n) is 3.58. The van der Waals surface area contributed by atoms with Gasteiger partial charge in [-0.1, -0.05) is 17.4 Å². The molecule has 0 amide bonds. The predicted molar refractivity (Wildman–Crippen MR) is 105 cm³/mol. The molecule has 8 heteroatoms. The third kappa shape index (κ3) is 3.30. The first kappa shape index (κ1) is 18.9. The van der Waals surface area contributed by atoms with E-state index in [0.29, 0.717) is 27.8 Å². The summed E-state index contributed by atoms with van der Waals surface area (Å²) in [5.41, 5.74) is 3.27. The molecule has 4 rings (SSSR count). The number of benzene rings is 1. The molecule has 0 spiro atoms. The Morgan fingerprint density at radius 3 is 2.55 bits per heavy atom. The van der Waals surface area contributed by atoms with Gasteiger partial charge in [0.05, 0.1) is 25.3 Å². The van der Waals surface area contributed by atoms with E-state index >= 15 is 0 Å². The van der Waals surface area contributed by atoms with E-state index < -0.39 is 0 Å². The van der Waals surface area contributed by atoms with E-state index in [4.69, 9.17) is 14.2 Å². The fourth-order valence-corrected chi connectivity index (χ4v) is 4.25. The van der Waals surface area contributed by atoms with Gasteiger partial charge in [0.1, 0.15) is 11.8 Å². The number of carbonyl (C=O) groups is 2. The third-order valence-corrected chi connectivity index (χ3v) is 5.65. The number of carbonyl (C=O) groups excluding carboxylic acids is 2. The molecule has 29 heavy (non-hydrogen) atoms. The molecule has 1 saturated carbocycles. The molecule has 1 aromatic heterocycles. The number of hydrogen-bond acceptors (Lipinski definition) is 8. The monoisotopic (exact) mass is 408 g/mol. The predicted octanol–water partition coefficient (Wildman–Crippen LogP) is 3.43. The van der Waals surface area contributed by atoms with E-state index in [9.17, 15) is 14.9 Å². The van der Waals surface area contributed by atoms with Gasteiger partial charge in [-0.3, -0.25) is 9.59 Å². The molecule has 2 heterocycles. The summed E-state index contributed by atoms with van der Waals surface area (Å²) in [5, 5.41) is 9.62. The number of nitriles is 1. The number of ketones is 2. The second kappa shape index (κ2) is 7.53. The maximum atomic E-state index is 13.0. The number of rotatable bonds is 3. The highest BCUT2D eigenvalue weighted by molar-refractivity contribution is 7.11. The SMILES string of the molecule is COc1ccc(C2CC(=O)C(=C3C=C(C#N)Oc4scnc43)C(=O)C2)cc1OC. The van der Waals surface area contributed by atoms with Crippen LogP contribution < -0.4 is 14.2 Å². The summed E-state index contributed by atoms with van der Waals surface area (Å²) in [7, 11) is 3.09. The van der Waals surface area contributed by atoms with Crippen LogP contribution in [0.3, 0.4) is 0 Å². The Kier molecular flexibility index (Phi) is 4.91. The second-order valence-corrected chi connectivity index (χ2v) is 7.38. The van der Waals surface area contributed by atoms with Crippen LogP contribution in [-0.2, 0) is 9.59 Å². The van der Waals surface area contributed by atoms with Crippen molar-refractivity contribution in [1.29, 1.82) is 5.26 Å². The van der Waals surface area contributed by atoms with Crippen molar-refractivity contribution in [3.05, 3.63) is 52.4 Å². The van der Waals surface area contributed by atoms with E-state index in [1.54, 1.807) is 24.8 Å². The lowest BCUT2D eigenvalue weighted by Gasteiger charge is -2.25. The molecule has 0 radical (unpaired) electrons. The standard InChI is InChI=1S/C21H16N2O5S/c1-26-17-4-3-11(7-18(17)27-2)12-5-15(24)19(16(25)6-12)14-8-13(9-22)28-21-20(14)23-10-29-21/h3-4,7-8,10,12H,5-6H2,1-2H3. The number of methoxy groups -OCH3 is 2. The van der Waals surface area contributed by atoms with E-state index in [-0.39, 0.29) is 41.7 Å². The molecule has 1 fully saturated rings. The average Bonchev–Trinajstić information content (AvgIpc) is 3.21. The number of aromatic nitrogens is 1. The number of nitrogens with zero attached hydrogens (tertiary/aromatic N) is 2. The summed E-state index contributed by atoms with van der Waals surface area (Å²) in [6.45, 7) is 0.